The van der Waals surface area contributed by atoms with E-state index in [1.54, 1.807) is 0 Å². The van der Waals surface area contributed by atoms with Crippen LogP contribution in [-0.4, -0.2) is 26.9 Å². The zero-order valence-electron chi connectivity index (χ0n) is 14.5. The molecule has 22 heavy (non-hydrogen) atoms. The van der Waals surface area contributed by atoms with Gasteiger partial charge in [0.05, 0.1) is 6.61 Å². The van der Waals surface area contributed by atoms with Crippen LogP contribution in [0.3, 0.4) is 0 Å². The van der Waals surface area contributed by atoms with Crippen molar-refractivity contribution in [2.45, 2.75) is 50.9 Å². The van der Waals surface area contributed by atoms with E-state index in [0.717, 1.165) is 25.0 Å². The predicted octanol–water partition coefficient (Wildman–Crippen LogP) is 5.34. The fraction of sp³-hybridized carbons (Fsp3) is 0.667. The fourth-order valence-corrected chi connectivity index (χ4v) is 4.42. The average Bonchev–Trinajstić information content (AvgIpc) is 2.90. The summed E-state index contributed by atoms with van der Waals surface area (Å²) in [5.74, 6) is 0.479. The summed E-state index contributed by atoms with van der Waals surface area (Å²) in [6.07, 6.45) is 1.02. The van der Waals surface area contributed by atoms with Gasteiger partial charge in [-0.3, -0.25) is 0 Å². The van der Waals surface area contributed by atoms with Crippen molar-refractivity contribution < 1.29 is 9.16 Å². The lowest BCUT2D eigenvalue weighted by Gasteiger charge is -2.37. The van der Waals surface area contributed by atoms with Crippen molar-refractivity contribution in [3.63, 3.8) is 0 Å². The van der Waals surface area contributed by atoms with Gasteiger partial charge in [0.1, 0.15) is 5.60 Å². The van der Waals surface area contributed by atoms with Crippen LogP contribution in [0.2, 0.25) is 18.1 Å². The van der Waals surface area contributed by atoms with Crippen molar-refractivity contribution in [2.24, 2.45) is 5.92 Å². The number of halogens is 1. The normalized spacial score (nSPS) is 26.4. The first kappa shape index (κ1) is 18.2. The van der Waals surface area contributed by atoms with Crippen molar-refractivity contribution in [1.29, 1.82) is 0 Å². The molecule has 1 aliphatic rings. The van der Waals surface area contributed by atoms with Crippen LogP contribution < -0.4 is 0 Å². The maximum absolute atomic E-state index is 6.40. The molecular formula is C18H29BrO2Si. The first-order chi connectivity index (χ1) is 10.2. The van der Waals surface area contributed by atoms with Gasteiger partial charge in [-0.05, 0) is 30.1 Å². The molecular weight excluding hydrogens is 356 g/mol. The molecule has 0 amide bonds. The highest BCUT2D eigenvalue weighted by Crippen LogP contribution is 2.42. The van der Waals surface area contributed by atoms with E-state index in [-0.39, 0.29) is 10.6 Å². The molecule has 0 N–H and O–H groups in total. The first-order valence-corrected chi connectivity index (χ1v) is 12.1. The van der Waals surface area contributed by atoms with E-state index in [0.29, 0.717) is 5.92 Å². The molecule has 2 rings (SSSR count). The number of hydrogen-bond donors (Lipinski definition) is 0. The van der Waals surface area contributed by atoms with Crippen LogP contribution in [0, 0.1) is 5.92 Å². The largest absolute Gasteiger partial charge is 0.416 e. The van der Waals surface area contributed by atoms with Crippen molar-refractivity contribution in [3.05, 3.63) is 35.9 Å². The number of rotatable bonds is 5. The Morgan fingerprint density at radius 2 is 1.91 bits per heavy atom. The van der Waals surface area contributed by atoms with Crippen LogP contribution in [0.25, 0.3) is 0 Å². The monoisotopic (exact) mass is 384 g/mol. The summed E-state index contributed by atoms with van der Waals surface area (Å²) in [6.45, 7) is 13.1. The Bertz CT molecular complexity index is 484. The molecule has 1 saturated heterocycles. The summed E-state index contributed by atoms with van der Waals surface area (Å²) in [7, 11) is -1.68. The van der Waals surface area contributed by atoms with Gasteiger partial charge in [0.15, 0.2) is 8.32 Å². The number of benzene rings is 1. The minimum absolute atomic E-state index is 0.192. The summed E-state index contributed by atoms with van der Waals surface area (Å²) < 4.78 is 12.6. The Labute approximate surface area is 144 Å². The van der Waals surface area contributed by atoms with Gasteiger partial charge in [-0.15, -0.1) is 0 Å². The summed E-state index contributed by atoms with van der Waals surface area (Å²) in [5.41, 5.74) is 1.07. The van der Waals surface area contributed by atoms with Crippen LogP contribution in [0.5, 0.6) is 0 Å². The molecule has 0 unspecified atom stereocenters. The highest BCUT2D eigenvalue weighted by Gasteiger charge is 2.43. The Balaban J connectivity index is 2.00. The van der Waals surface area contributed by atoms with Crippen molar-refractivity contribution >= 4 is 24.2 Å². The van der Waals surface area contributed by atoms with Gasteiger partial charge in [-0.1, -0.05) is 67.0 Å². The topological polar surface area (TPSA) is 18.5 Å². The van der Waals surface area contributed by atoms with Crippen LogP contribution >= 0.6 is 15.9 Å². The zero-order chi connectivity index (χ0) is 16.4. The Hall–Kier alpha value is -0.163. The molecule has 1 fully saturated rings. The van der Waals surface area contributed by atoms with Gasteiger partial charge < -0.3 is 9.16 Å². The van der Waals surface area contributed by atoms with E-state index >= 15 is 0 Å². The van der Waals surface area contributed by atoms with Crippen LogP contribution in [0.15, 0.2) is 30.3 Å². The van der Waals surface area contributed by atoms with E-state index in [9.17, 15) is 0 Å². The van der Waals surface area contributed by atoms with Crippen LogP contribution in [0.4, 0.5) is 0 Å². The Morgan fingerprint density at radius 1 is 1.27 bits per heavy atom. The molecule has 0 aliphatic carbocycles. The number of hydrogen-bond acceptors (Lipinski definition) is 2. The SMILES string of the molecule is CC(C)(C)[Si](C)(C)OC[C@@H]1CO[C@](CBr)(c2ccccc2)C1. The van der Waals surface area contributed by atoms with E-state index in [2.05, 4.69) is 80.1 Å². The second-order valence-electron chi connectivity index (χ2n) is 7.95. The lowest BCUT2D eigenvalue weighted by atomic mass is 9.89. The Morgan fingerprint density at radius 3 is 2.45 bits per heavy atom. The molecule has 1 heterocycles. The fourth-order valence-electron chi connectivity index (χ4n) is 2.62. The molecule has 1 aromatic carbocycles. The van der Waals surface area contributed by atoms with Crippen LogP contribution in [0.1, 0.15) is 32.8 Å². The molecule has 0 saturated carbocycles. The molecule has 124 valence electrons. The quantitative estimate of drug-likeness (QED) is 0.503. The standard InChI is InChI=1S/C18H29BrO2Si/c1-17(2,3)22(4,5)21-13-15-11-18(14-19,20-12-15)16-9-7-6-8-10-16/h6-10,15H,11-14H2,1-5H3/t15-,18+/m0/s1. The molecule has 0 aromatic heterocycles. The van der Waals surface area contributed by atoms with E-state index in [1.165, 1.54) is 5.56 Å². The number of alkyl halides is 1. The third-order valence-electron chi connectivity index (χ3n) is 5.22. The molecule has 1 aliphatic heterocycles. The van der Waals surface area contributed by atoms with Crippen molar-refractivity contribution in [2.75, 3.05) is 18.5 Å². The summed E-state index contributed by atoms with van der Waals surface area (Å²) in [5, 5.41) is 1.10. The predicted molar refractivity (Wildman–Crippen MR) is 99.1 cm³/mol. The minimum atomic E-state index is -1.68. The van der Waals surface area contributed by atoms with E-state index in [1.807, 2.05) is 0 Å². The maximum atomic E-state index is 6.40. The lowest BCUT2D eigenvalue weighted by molar-refractivity contribution is 0.0201. The summed E-state index contributed by atoms with van der Waals surface area (Å²) >= 11 is 3.66. The van der Waals surface area contributed by atoms with Gasteiger partial charge in [-0.25, -0.2) is 0 Å². The molecule has 1 aromatic rings. The van der Waals surface area contributed by atoms with Gasteiger partial charge in [-0.2, -0.15) is 0 Å². The van der Waals surface area contributed by atoms with Crippen LogP contribution in [-0.2, 0) is 14.8 Å². The maximum Gasteiger partial charge on any atom is 0.191 e. The average molecular weight is 385 g/mol. The van der Waals surface area contributed by atoms with E-state index in [4.69, 9.17) is 9.16 Å². The lowest BCUT2D eigenvalue weighted by Crippen LogP contribution is -2.42. The van der Waals surface area contributed by atoms with Gasteiger partial charge in [0.25, 0.3) is 0 Å². The molecule has 0 spiro atoms. The van der Waals surface area contributed by atoms with Crippen molar-refractivity contribution in [3.8, 4) is 0 Å². The minimum Gasteiger partial charge on any atom is -0.416 e. The second kappa shape index (κ2) is 6.76. The summed E-state index contributed by atoms with van der Waals surface area (Å²) in [6, 6.07) is 10.6. The van der Waals surface area contributed by atoms with Gasteiger partial charge in [0, 0.05) is 17.9 Å². The third-order valence-corrected chi connectivity index (χ3v) is 10.6. The summed E-state index contributed by atoms with van der Waals surface area (Å²) in [4.78, 5) is 0. The number of ether oxygens (including phenoxy) is 1. The molecule has 0 radical (unpaired) electrons. The van der Waals surface area contributed by atoms with E-state index < -0.39 is 8.32 Å². The molecule has 4 heteroatoms. The Kier molecular flexibility index (Phi) is 5.58. The highest BCUT2D eigenvalue weighted by molar-refractivity contribution is 9.09. The third kappa shape index (κ3) is 3.84. The van der Waals surface area contributed by atoms with Crippen molar-refractivity contribution in [1.82, 2.24) is 0 Å². The van der Waals surface area contributed by atoms with Gasteiger partial charge >= 0.3 is 0 Å². The first-order valence-electron chi connectivity index (χ1n) is 8.10. The molecule has 2 atom stereocenters. The van der Waals surface area contributed by atoms with Gasteiger partial charge in [0.2, 0.25) is 0 Å². The zero-order valence-corrected chi connectivity index (χ0v) is 17.1. The molecule has 0 bridgehead atoms. The molecule has 2 nitrogen and oxygen atoms in total. The second-order valence-corrected chi connectivity index (χ2v) is 13.3. The smallest absolute Gasteiger partial charge is 0.191 e. The highest BCUT2D eigenvalue weighted by atomic mass is 79.9.